The lowest BCUT2D eigenvalue weighted by molar-refractivity contribution is 0.0940. The Hall–Kier alpha value is -17.1. The fraction of sp³-hybridized carbons (Fsp3) is 0.112. The van der Waals surface area contributed by atoms with Crippen LogP contribution in [0.2, 0.25) is 0 Å². The average molecular weight is 1850 g/mol. The number of benzene rings is 9. The number of aromatic nitrogens is 10. The highest BCUT2D eigenvalue weighted by atomic mass is 32.1. The molecule has 18 rings (SSSR count). The maximum atomic E-state index is 13.6. The largest absolute Gasteiger partial charge is 0.489 e. The number of pyridine rings is 5. The van der Waals surface area contributed by atoms with Crippen molar-refractivity contribution in [2.24, 2.45) is 0 Å². The Bertz CT molecular complexity index is 6770. The maximum Gasteiger partial charge on any atom is 0.257 e. The van der Waals surface area contributed by atoms with Crippen molar-refractivity contribution in [2.45, 2.75) is 73.2 Å². The second-order valence-corrected chi connectivity index (χ2v) is 30.7. The van der Waals surface area contributed by atoms with E-state index in [-0.39, 0.29) is 87.2 Å². The predicted octanol–water partition coefficient (Wildman–Crippen LogP) is 21.4. The van der Waals surface area contributed by atoms with Crippen molar-refractivity contribution in [1.82, 2.24) is 74.9 Å². The molecule has 0 radical (unpaired) electrons. The molecule has 0 fully saturated rings. The maximum absolute atomic E-state index is 13.6. The van der Waals surface area contributed by atoms with E-state index in [1.54, 1.807) is 200 Å². The summed E-state index contributed by atoms with van der Waals surface area (Å²) in [6.07, 6.45) is 15.5. The Morgan fingerprint density at radius 1 is 0.390 bits per heavy atom. The normalized spacial score (nSPS) is 10.5. The lowest BCUT2D eigenvalue weighted by Gasteiger charge is -2.12. The molecule has 9 aromatic heterocycles. The fourth-order valence-electron chi connectivity index (χ4n) is 13.2. The van der Waals surface area contributed by atoms with E-state index in [2.05, 4.69) is 81.4 Å². The summed E-state index contributed by atoms with van der Waals surface area (Å²) in [7, 11) is 1.47. The molecule has 0 atom stereocenters. The molecular formula is C107H96F5N15O8S. The molecule has 9 aromatic carbocycles. The fourth-order valence-corrected chi connectivity index (χ4v) is 13.7. The van der Waals surface area contributed by atoms with Crippen molar-refractivity contribution in [3.05, 3.63) is 485 Å². The number of halogens is 5. The summed E-state index contributed by atoms with van der Waals surface area (Å²) in [5, 5.41) is 25.5. The van der Waals surface area contributed by atoms with Gasteiger partial charge in [-0.05, 0) is 162 Å². The van der Waals surface area contributed by atoms with E-state index in [9.17, 15) is 31.5 Å². The van der Waals surface area contributed by atoms with Crippen LogP contribution in [0, 0.1) is 29.1 Å². The quantitative estimate of drug-likeness (QED) is 0.0235. The zero-order chi connectivity index (χ0) is 93.9. The number of nitrogens with one attached hydrogen (secondary N) is 5. The van der Waals surface area contributed by atoms with Gasteiger partial charge in [0.1, 0.15) is 103 Å². The smallest absolute Gasteiger partial charge is 0.257 e. The highest BCUT2D eigenvalue weighted by Gasteiger charge is 2.16. The highest BCUT2D eigenvalue weighted by molar-refractivity contribution is 7.07. The lowest BCUT2D eigenvalue weighted by Crippen LogP contribution is -2.23. The standard InChI is InChI=1S/C23H20FN3O.C22H18FN3O2.C21H18FN5O.C21H19FN2O3.C19H17FN2OS.CH4/c1-17(23-8-4-6-20-14-25-16-27(20)23)26-13-18-9-11-21(12-10-18)28-15-19-5-2-3-7-22(19)24;23-21-4-2-1-3-18(21)14-28-20-7-5-16(6-8-20)12-25-22(27)17-9-10-26-15-24-13-19(26)11-17;1-15(19-6-4-10-27-14-25-26-21(19)27)23-11-17-8-9-18(12-24-17)28-13-16-5-2-3-7-20(16)22;1-26-21-18(6-4-12-23-21)20(25)24-13-15-8-10-17(11-9-15)27-14-16-5-2-3-7-19(16)22;1-14(19-12-24-13-22-19)21-10-15-6-8-17(9-7-15)23-11-16-4-2-3-5-18(16)20;/h2-12,14,16,26H,1,13,15H2;1-11,13,15H,12,14H2,(H,25,27);2-10,12,14,23H,1,11,13H2;2-12H,13-14H2,1H3,(H,24,25);2-9,12-13,21H,1,10-11H2;1H4. The van der Waals surface area contributed by atoms with Gasteiger partial charge in [-0.25, -0.2) is 41.9 Å². The molecule has 136 heavy (non-hydrogen) atoms. The number of rotatable bonds is 34. The number of carbonyl (C=O) groups is 2. The number of fused-ring (bicyclic) bond motifs is 3. The van der Waals surface area contributed by atoms with Crippen LogP contribution < -0.4 is 55.0 Å². The molecule has 9 heterocycles. The summed E-state index contributed by atoms with van der Waals surface area (Å²) >= 11 is 1.54. The zero-order valence-corrected chi connectivity index (χ0v) is 74.0. The minimum Gasteiger partial charge on any atom is -0.489 e. The van der Waals surface area contributed by atoms with Crippen molar-refractivity contribution >= 4 is 56.9 Å². The Balaban J connectivity index is 0.000000144. The summed E-state index contributed by atoms with van der Waals surface area (Å²) in [5.41, 5.74) is 17.9. The van der Waals surface area contributed by atoms with Crippen molar-refractivity contribution in [3.8, 4) is 34.6 Å². The number of hydrogen-bond acceptors (Lipinski definition) is 19. The number of carbonyl (C=O) groups excluding carboxylic acids is 2. The Labute approximate surface area is 787 Å². The van der Waals surface area contributed by atoms with E-state index >= 15 is 0 Å². The van der Waals surface area contributed by atoms with Gasteiger partial charge in [-0.1, -0.05) is 173 Å². The van der Waals surface area contributed by atoms with Gasteiger partial charge in [0.05, 0.1) is 89.9 Å². The van der Waals surface area contributed by atoms with Crippen LogP contribution in [0.4, 0.5) is 22.0 Å². The molecule has 0 bridgehead atoms. The number of imidazole rings is 2. The van der Waals surface area contributed by atoms with Gasteiger partial charge >= 0.3 is 0 Å². The van der Waals surface area contributed by atoms with Gasteiger partial charge < -0.3 is 59.4 Å². The molecule has 0 aliphatic rings. The van der Waals surface area contributed by atoms with Crippen LogP contribution in [0.5, 0.6) is 34.6 Å². The van der Waals surface area contributed by atoms with Gasteiger partial charge in [0, 0.05) is 94.8 Å². The van der Waals surface area contributed by atoms with Crippen LogP contribution in [0.1, 0.15) is 101 Å². The SMILES string of the molecule is C.C=C(NCc1ccc(OCc2ccccc2F)cc1)c1cccc2cncn12.C=C(NCc1ccc(OCc2ccccc2F)cc1)c1cscn1.C=C(NCc1ccc(OCc2ccccc2F)cn1)c1cccn2cnnc12.COc1ncccc1C(=O)NCc1ccc(OCc2ccccc2F)cc1.O=C(NCc1ccc(OCc2ccccc2F)cc1)c1ccn2cncc2c1. The first-order chi connectivity index (χ1) is 66.0. The van der Waals surface area contributed by atoms with Crippen LogP contribution in [0.25, 0.3) is 33.8 Å². The van der Waals surface area contributed by atoms with Crippen LogP contribution in [0.3, 0.4) is 0 Å². The van der Waals surface area contributed by atoms with Gasteiger partial charge in [0.2, 0.25) is 5.88 Å². The topological polar surface area (TPSA) is 253 Å². The molecule has 688 valence electrons. The average Bonchev–Trinajstić information content (AvgIpc) is 1.69. The summed E-state index contributed by atoms with van der Waals surface area (Å²) in [5.74, 6) is 1.78. The van der Waals surface area contributed by atoms with Crippen molar-refractivity contribution in [2.75, 3.05) is 7.11 Å². The molecule has 23 nitrogen and oxygen atoms in total. The molecule has 18 aromatic rings. The molecule has 0 saturated carbocycles. The summed E-state index contributed by atoms with van der Waals surface area (Å²) in [6.45, 7) is 15.6. The number of hydrogen-bond donors (Lipinski definition) is 5. The van der Waals surface area contributed by atoms with Gasteiger partial charge in [-0.3, -0.25) is 23.4 Å². The van der Waals surface area contributed by atoms with E-state index in [0.29, 0.717) is 100 Å². The molecular weight excluding hydrogens is 1750 g/mol. The van der Waals surface area contributed by atoms with Gasteiger partial charge in [-0.2, -0.15) is 0 Å². The molecule has 2 amide bonds. The second-order valence-electron chi connectivity index (χ2n) is 30.0. The van der Waals surface area contributed by atoms with Gasteiger partial charge in [0.25, 0.3) is 11.8 Å². The number of thiazole rings is 1. The van der Waals surface area contributed by atoms with Crippen LogP contribution in [-0.4, -0.2) is 67.2 Å². The number of nitrogens with zero attached hydrogens (tertiary/aromatic N) is 10. The van der Waals surface area contributed by atoms with Crippen molar-refractivity contribution in [3.63, 3.8) is 0 Å². The van der Waals surface area contributed by atoms with Crippen molar-refractivity contribution < 1.29 is 60.0 Å². The Kier molecular flexibility index (Phi) is 34.9. The van der Waals surface area contributed by atoms with E-state index in [1.165, 1.54) is 37.4 Å². The first kappa shape index (κ1) is 96.5. The number of amides is 2. The summed E-state index contributed by atoms with van der Waals surface area (Å²) < 4.78 is 107. The molecule has 29 heteroatoms. The first-order valence-electron chi connectivity index (χ1n) is 42.5. The monoisotopic (exact) mass is 1850 g/mol. The van der Waals surface area contributed by atoms with E-state index in [0.717, 1.165) is 78.7 Å². The lowest BCUT2D eigenvalue weighted by atomic mass is 10.2. The van der Waals surface area contributed by atoms with Crippen LogP contribution in [-0.2, 0) is 65.8 Å². The number of ether oxygens (including phenoxy) is 6. The minimum absolute atomic E-state index is 0. The Morgan fingerprint density at radius 2 is 0.838 bits per heavy atom. The van der Waals surface area contributed by atoms with Gasteiger partial charge in [-0.15, -0.1) is 21.5 Å². The molecule has 0 aliphatic carbocycles. The third-order valence-electron chi connectivity index (χ3n) is 20.7. The summed E-state index contributed by atoms with van der Waals surface area (Å²) in [4.78, 5) is 45.4. The third kappa shape index (κ3) is 28.0. The highest BCUT2D eigenvalue weighted by Crippen LogP contribution is 2.26. The third-order valence-corrected chi connectivity index (χ3v) is 21.3. The molecule has 0 saturated heterocycles. The van der Waals surface area contributed by atoms with E-state index in [1.807, 2.05) is 146 Å². The summed E-state index contributed by atoms with van der Waals surface area (Å²) in [6, 6.07) is 83.3. The predicted molar refractivity (Wildman–Crippen MR) is 517 cm³/mol. The zero-order valence-electron chi connectivity index (χ0n) is 73.2. The van der Waals surface area contributed by atoms with E-state index in [4.69, 9.17) is 28.4 Å². The molecule has 0 unspecified atom stereocenters. The van der Waals surface area contributed by atoms with Crippen molar-refractivity contribution in [1.29, 1.82) is 0 Å². The molecule has 0 spiro atoms. The Morgan fingerprint density at radius 3 is 1.32 bits per heavy atom. The van der Waals surface area contributed by atoms with Crippen LogP contribution in [0.15, 0.2) is 372 Å². The molecule has 0 aliphatic heterocycles. The second kappa shape index (κ2) is 49.2. The number of methoxy groups -OCH3 is 1. The van der Waals surface area contributed by atoms with E-state index < -0.39 is 0 Å². The van der Waals surface area contributed by atoms with Crippen LogP contribution >= 0.6 is 11.3 Å². The molecule has 5 N–H and O–H groups in total. The minimum atomic E-state index is -0.289. The van der Waals surface area contributed by atoms with Gasteiger partial charge in [0.15, 0.2) is 5.65 Å². The first-order valence-corrected chi connectivity index (χ1v) is 43.4.